The van der Waals surface area contributed by atoms with Gasteiger partial charge in [-0.2, -0.15) is 0 Å². The van der Waals surface area contributed by atoms with E-state index in [-0.39, 0.29) is 23.0 Å². The number of ether oxygens (including phenoxy) is 1. The normalized spacial score (nSPS) is 10.6. The molecule has 0 atom stereocenters. The molecule has 0 radical (unpaired) electrons. The van der Waals surface area contributed by atoms with Gasteiger partial charge in [-0.25, -0.2) is 0 Å². The molecule has 0 aliphatic carbocycles. The van der Waals surface area contributed by atoms with Crippen LogP contribution in [0.15, 0.2) is 18.2 Å². The Morgan fingerprint density at radius 2 is 1.79 bits per heavy atom. The van der Waals surface area contributed by atoms with Gasteiger partial charge in [0.2, 0.25) is 0 Å². The molecule has 0 N–H and O–H groups in total. The summed E-state index contributed by atoms with van der Waals surface area (Å²) in [6.45, 7) is 4.50. The van der Waals surface area contributed by atoms with E-state index in [9.17, 15) is 14.9 Å². The first-order valence-electron chi connectivity index (χ1n) is 9.00. The number of aryl methyl sites for hydroxylation is 1. The van der Waals surface area contributed by atoms with Crippen LogP contribution in [0.1, 0.15) is 69.9 Å². The lowest BCUT2D eigenvalue weighted by molar-refractivity contribution is -0.385. The molecule has 134 valence electrons. The third kappa shape index (κ3) is 7.57. The molecule has 1 aromatic rings. The number of esters is 1. The number of rotatable bonds is 12. The van der Waals surface area contributed by atoms with E-state index >= 15 is 0 Å². The van der Waals surface area contributed by atoms with Gasteiger partial charge in [-0.3, -0.25) is 14.9 Å². The SMILES string of the molecule is CCCCCCCCc1ccc(CC(=O)OCCC)cc1[N+](=O)[O-]. The van der Waals surface area contributed by atoms with E-state index in [4.69, 9.17) is 4.74 Å². The predicted molar refractivity (Wildman–Crippen MR) is 95.1 cm³/mol. The lowest BCUT2D eigenvalue weighted by Gasteiger charge is -2.07. The minimum atomic E-state index is -0.354. The zero-order chi connectivity index (χ0) is 17.8. The first-order valence-corrected chi connectivity index (χ1v) is 9.00. The zero-order valence-electron chi connectivity index (χ0n) is 14.9. The highest BCUT2D eigenvalue weighted by Crippen LogP contribution is 2.23. The summed E-state index contributed by atoms with van der Waals surface area (Å²) in [4.78, 5) is 22.6. The van der Waals surface area contributed by atoms with E-state index in [1.54, 1.807) is 12.1 Å². The Bertz CT molecular complexity index is 528. The summed E-state index contributed by atoms with van der Waals surface area (Å²) >= 11 is 0. The van der Waals surface area contributed by atoms with Crippen molar-refractivity contribution >= 4 is 11.7 Å². The molecule has 0 amide bonds. The monoisotopic (exact) mass is 335 g/mol. The molecule has 0 aromatic heterocycles. The number of carbonyl (C=O) groups is 1. The molecule has 1 aromatic carbocycles. The van der Waals surface area contributed by atoms with Gasteiger partial charge < -0.3 is 4.74 Å². The number of hydrogen-bond acceptors (Lipinski definition) is 4. The Morgan fingerprint density at radius 3 is 2.46 bits per heavy atom. The third-order valence-electron chi connectivity index (χ3n) is 3.96. The molecule has 0 saturated carbocycles. The molecule has 0 bridgehead atoms. The van der Waals surface area contributed by atoms with Crippen molar-refractivity contribution in [3.63, 3.8) is 0 Å². The second-order valence-corrected chi connectivity index (χ2v) is 6.14. The highest BCUT2D eigenvalue weighted by molar-refractivity contribution is 5.73. The highest BCUT2D eigenvalue weighted by atomic mass is 16.6. The fourth-order valence-corrected chi connectivity index (χ4v) is 2.63. The first kappa shape index (κ1) is 20.1. The maximum absolute atomic E-state index is 11.6. The van der Waals surface area contributed by atoms with Crippen LogP contribution in [0, 0.1) is 10.1 Å². The molecule has 0 unspecified atom stereocenters. The smallest absolute Gasteiger partial charge is 0.310 e. The molecular formula is C19H29NO4. The average Bonchev–Trinajstić information content (AvgIpc) is 2.56. The van der Waals surface area contributed by atoms with Crippen LogP contribution in [0.2, 0.25) is 0 Å². The number of unbranched alkanes of at least 4 members (excludes halogenated alkanes) is 5. The molecule has 0 spiro atoms. The van der Waals surface area contributed by atoms with Crippen LogP contribution in [0.5, 0.6) is 0 Å². The maximum Gasteiger partial charge on any atom is 0.310 e. The van der Waals surface area contributed by atoms with E-state index in [2.05, 4.69) is 6.92 Å². The van der Waals surface area contributed by atoms with E-state index in [1.807, 2.05) is 6.92 Å². The summed E-state index contributed by atoms with van der Waals surface area (Å²) in [5, 5.41) is 11.3. The van der Waals surface area contributed by atoms with Gasteiger partial charge in [0.05, 0.1) is 18.0 Å². The Kier molecular flexibility index (Phi) is 9.73. The number of benzene rings is 1. The lowest BCUT2D eigenvalue weighted by atomic mass is 10.0. The Labute approximate surface area is 144 Å². The first-order chi connectivity index (χ1) is 11.6. The molecule has 1 rings (SSSR count). The molecule has 0 aliphatic heterocycles. The topological polar surface area (TPSA) is 69.4 Å². The van der Waals surface area contributed by atoms with Crippen molar-refractivity contribution in [2.75, 3.05) is 6.61 Å². The van der Waals surface area contributed by atoms with Crippen molar-refractivity contribution in [2.45, 2.75) is 71.6 Å². The Hall–Kier alpha value is -1.91. The fraction of sp³-hybridized carbons (Fsp3) is 0.632. The summed E-state index contributed by atoms with van der Waals surface area (Å²) in [6, 6.07) is 5.10. The standard InChI is InChI=1S/C19H29NO4/c1-3-5-6-7-8-9-10-17-12-11-16(14-18(17)20(22)23)15-19(21)24-13-4-2/h11-12,14H,3-10,13,15H2,1-2H3. The summed E-state index contributed by atoms with van der Waals surface area (Å²) in [7, 11) is 0. The number of nitro benzene ring substituents is 1. The number of nitrogens with zero attached hydrogens (tertiary/aromatic N) is 1. The third-order valence-corrected chi connectivity index (χ3v) is 3.96. The van der Waals surface area contributed by atoms with Crippen LogP contribution in [0.25, 0.3) is 0 Å². The second kappa shape index (κ2) is 11.6. The van der Waals surface area contributed by atoms with Crippen molar-refractivity contribution in [2.24, 2.45) is 0 Å². The van der Waals surface area contributed by atoms with Crippen LogP contribution >= 0.6 is 0 Å². The van der Waals surface area contributed by atoms with Gasteiger partial charge in [-0.15, -0.1) is 0 Å². The molecule has 0 saturated heterocycles. The molecule has 0 fully saturated rings. The molecule has 5 nitrogen and oxygen atoms in total. The predicted octanol–water partition coefficient (Wildman–Crippen LogP) is 4.99. The van der Waals surface area contributed by atoms with E-state index in [0.29, 0.717) is 18.6 Å². The maximum atomic E-state index is 11.6. The van der Waals surface area contributed by atoms with Crippen LogP contribution in [-0.2, 0) is 22.4 Å². The van der Waals surface area contributed by atoms with Crippen LogP contribution < -0.4 is 0 Å². The molecule has 0 aliphatic rings. The molecule has 24 heavy (non-hydrogen) atoms. The van der Waals surface area contributed by atoms with Crippen molar-refractivity contribution in [1.82, 2.24) is 0 Å². The van der Waals surface area contributed by atoms with E-state index in [0.717, 1.165) is 24.8 Å². The highest BCUT2D eigenvalue weighted by Gasteiger charge is 2.16. The van der Waals surface area contributed by atoms with Crippen LogP contribution in [0.3, 0.4) is 0 Å². The lowest BCUT2D eigenvalue weighted by Crippen LogP contribution is -2.09. The Morgan fingerprint density at radius 1 is 1.08 bits per heavy atom. The summed E-state index contributed by atoms with van der Waals surface area (Å²) < 4.78 is 5.03. The average molecular weight is 335 g/mol. The van der Waals surface area contributed by atoms with Crippen molar-refractivity contribution in [3.8, 4) is 0 Å². The number of carbonyl (C=O) groups excluding carboxylic acids is 1. The quantitative estimate of drug-likeness (QED) is 0.233. The largest absolute Gasteiger partial charge is 0.465 e. The minimum absolute atomic E-state index is 0.0815. The molecule has 0 heterocycles. The molecule has 5 heteroatoms. The van der Waals surface area contributed by atoms with E-state index in [1.165, 1.54) is 31.7 Å². The zero-order valence-corrected chi connectivity index (χ0v) is 14.9. The Balaban J connectivity index is 2.60. The molecular weight excluding hydrogens is 306 g/mol. The minimum Gasteiger partial charge on any atom is -0.465 e. The van der Waals surface area contributed by atoms with Gasteiger partial charge in [-0.1, -0.05) is 58.1 Å². The number of nitro groups is 1. The second-order valence-electron chi connectivity index (χ2n) is 6.14. The summed E-state index contributed by atoms with van der Waals surface area (Å²) in [5.74, 6) is -0.338. The van der Waals surface area contributed by atoms with Gasteiger partial charge in [0.25, 0.3) is 5.69 Å². The fourth-order valence-electron chi connectivity index (χ4n) is 2.63. The van der Waals surface area contributed by atoms with Crippen LogP contribution in [0.4, 0.5) is 5.69 Å². The van der Waals surface area contributed by atoms with Crippen LogP contribution in [-0.4, -0.2) is 17.5 Å². The van der Waals surface area contributed by atoms with Gasteiger partial charge in [-0.05, 0) is 24.8 Å². The van der Waals surface area contributed by atoms with Gasteiger partial charge >= 0.3 is 5.97 Å². The van der Waals surface area contributed by atoms with Crippen molar-refractivity contribution in [3.05, 3.63) is 39.4 Å². The summed E-state index contributed by atoms with van der Waals surface area (Å²) in [5.41, 5.74) is 1.50. The van der Waals surface area contributed by atoms with Gasteiger partial charge in [0.15, 0.2) is 0 Å². The van der Waals surface area contributed by atoms with Crippen molar-refractivity contribution < 1.29 is 14.5 Å². The number of hydrogen-bond donors (Lipinski definition) is 0. The van der Waals surface area contributed by atoms with Gasteiger partial charge in [0.1, 0.15) is 0 Å². The summed E-state index contributed by atoms with van der Waals surface area (Å²) in [6.07, 6.45) is 8.51. The van der Waals surface area contributed by atoms with Crippen molar-refractivity contribution in [1.29, 1.82) is 0 Å². The van der Waals surface area contributed by atoms with E-state index < -0.39 is 0 Å². The van der Waals surface area contributed by atoms with Gasteiger partial charge in [0, 0.05) is 11.6 Å².